The van der Waals surface area contributed by atoms with E-state index in [1.807, 2.05) is 6.92 Å². The van der Waals surface area contributed by atoms with Gasteiger partial charge in [-0.1, -0.05) is 50.4 Å². The average Bonchev–Trinajstić information content (AvgIpc) is 2.95. The third-order valence-corrected chi connectivity index (χ3v) is 6.06. The fourth-order valence-corrected chi connectivity index (χ4v) is 4.04. The summed E-state index contributed by atoms with van der Waals surface area (Å²) in [4.78, 5) is 15.9. The quantitative estimate of drug-likeness (QED) is 0.450. The SMILES string of the molecule is CCCCNS(=O)(=O)c1ccc(Cn2c(CCCC)nc(Cl)c2C=O)cc1. The Morgan fingerprint density at radius 2 is 1.81 bits per heavy atom. The largest absolute Gasteiger partial charge is 0.320 e. The van der Waals surface area contributed by atoms with E-state index in [0.717, 1.165) is 43.5 Å². The highest BCUT2D eigenvalue weighted by molar-refractivity contribution is 7.89. The molecular weight excluding hydrogens is 386 g/mol. The third kappa shape index (κ3) is 5.64. The molecule has 0 saturated heterocycles. The van der Waals surface area contributed by atoms with Crippen molar-refractivity contribution in [1.82, 2.24) is 14.3 Å². The number of nitrogens with one attached hydrogen (secondary N) is 1. The molecule has 0 unspecified atom stereocenters. The molecule has 0 radical (unpaired) electrons. The molecule has 8 heteroatoms. The molecule has 148 valence electrons. The van der Waals surface area contributed by atoms with Gasteiger partial charge in [0, 0.05) is 19.5 Å². The lowest BCUT2D eigenvalue weighted by atomic mass is 10.2. The van der Waals surface area contributed by atoms with E-state index in [0.29, 0.717) is 25.1 Å². The van der Waals surface area contributed by atoms with Gasteiger partial charge < -0.3 is 4.57 Å². The van der Waals surface area contributed by atoms with E-state index in [1.54, 1.807) is 28.8 Å². The van der Waals surface area contributed by atoms with Crippen LogP contribution in [-0.2, 0) is 23.0 Å². The summed E-state index contributed by atoms with van der Waals surface area (Å²) in [6, 6.07) is 6.66. The monoisotopic (exact) mass is 411 g/mol. The van der Waals surface area contributed by atoms with Crippen LogP contribution in [0.5, 0.6) is 0 Å². The second-order valence-corrected chi connectivity index (χ2v) is 8.53. The predicted molar refractivity (Wildman–Crippen MR) is 107 cm³/mol. The van der Waals surface area contributed by atoms with Crippen molar-refractivity contribution < 1.29 is 13.2 Å². The lowest BCUT2D eigenvalue weighted by Gasteiger charge is -2.11. The van der Waals surface area contributed by atoms with Gasteiger partial charge in [0.05, 0.1) is 4.90 Å². The number of rotatable bonds is 11. The molecule has 1 heterocycles. The van der Waals surface area contributed by atoms with Crippen LogP contribution in [0.25, 0.3) is 0 Å². The van der Waals surface area contributed by atoms with Crippen LogP contribution in [0.4, 0.5) is 0 Å². The molecule has 1 aromatic heterocycles. The minimum Gasteiger partial charge on any atom is -0.320 e. The lowest BCUT2D eigenvalue weighted by molar-refractivity contribution is 0.111. The van der Waals surface area contributed by atoms with E-state index < -0.39 is 10.0 Å². The average molecular weight is 412 g/mol. The molecule has 0 aliphatic carbocycles. The van der Waals surface area contributed by atoms with Crippen molar-refractivity contribution in [2.24, 2.45) is 0 Å². The molecule has 0 atom stereocenters. The van der Waals surface area contributed by atoms with Gasteiger partial charge in [-0.2, -0.15) is 0 Å². The number of aryl methyl sites for hydroxylation is 1. The molecular formula is C19H26ClN3O3S. The van der Waals surface area contributed by atoms with Gasteiger partial charge in [0.15, 0.2) is 11.4 Å². The maximum absolute atomic E-state index is 12.3. The molecule has 2 aromatic rings. The second-order valence-electron chi connectivity index (χ2n) is 6.41. The van der Waals surface area contributed by atoms with Crippen molar-refractivity contribution in [3.8, 4) is 0 Å². The van der Waals surface area contributed by atoms with Crippen molar-refractivity contribution in [3.05, 3.63) is 46.5 Å². The predicted octanol–water partition coefficient (Wildman–Crippen LogP) is 3.82. The second kappa shape index (κ2) is 10.0. The Morgan fingerprint density at radius 3 is 2.41 bits per heavy atom. The zero-order chi connectivity index (χ0) is 19.9. The summed E-state index contributed by atoms with van der Waals surface area (Å²) in [5, 5.41) is 0.204. The number of imidazole rings is 1. The molecule has 0 saturated carbocycles. The minimum atomic E-state index is -3.50. The number of aldehydes is 1. The van der Waals surface area contributed by atoms with Crippen molar-refractivity contribution in [2.45, 2.75) is 57.4 Å². The molecule has 0 bridgehead atoms. The Morgan fingerprint density at radius 1 is 1.15 bits per heavy atom. The first-order valence-corrected chi connectivity index (χ1v) is 11.1. The number of hydrogen-bond acceptors (Lipinski definition) is 4. The molecule has 27 heavy (non-hydrogen) atoms. The zero-order valence-electron chi connectivity index (χ0n) is 15.7. The van der Waals surface area contributed by atoms with Gasteiger partial charge in [-0.25, -0.2) is 18.1 Å². The summed E-state index contributed by atoms with van der Waals surface area (Å²) in [5.74, 6) is 0.766. The molecule has 1 N–H and O–H groups in total. The van der Waals surface area contributed by atoms with Gasteiger partial charge in [-0.15, -0.1) is 0 Å². The van der Waals surface area contributed by atoms with Crippen LogP contribution in [0.1, 0.15) is 61.4 Å². The van der Waals surface area contributed by atoms with E-state index in [9.17, 15) is 13.2 Å². The third-order valence-electron chi connectivity index (χ3n) is 4.30. The van der Waals surface area contributed by atoms with Gasteiger partial charge in [0.1, 0.15) is 11.5 Å². The summed E-state index contributed by atoms with van der Waals surface area (Å²) in [6.45, 7) is 4.94. The standard InChI is InChI=1S/C19H26ClN3O3S/c1-3-5-7-18-22-19(20)17(14-24)23(18)13-15-8-10-16(11-9-15)27(25,26)21-12-6-4-2/h8-11,14,21H,3-7,12-13H2,1-2H3. The summed E-state index contributed by atoms with van der Waals surface area (Å²) < 4.78 is 28.9. The van der Waals surface area contributed by atoms with Gasteiger partial charge in [0.25, 0.3) is 0 Å². The van der Waals surface area contributed by atoms with Crippen LogP contribution >= 0.6 is 11.6 Å². The number of aromatic nitrogens is 2. The number of hydrogen-bond donors (Lipinski definition) is 1. The van der Waals surface area contributed by atoms with Crippen LogP contribution in [0, 0.1) is 0 Å². The van der Waals surface area contributed by atoms with Crippen LogP contribution < -0.4 is 4.72 Å². The summed E-state index contributed by atoms with van der Waals surface area (Å²) >= 11 is 6.09. The number of sulfonamides is 1. The number of unbranched alkanes of at least 4 members (excludes halogenated alkanes) is 2. The highest BCUT2D eigenvalue weighted by Gasteiger charge is 2.16. The van der Waals surface area contributed by atoms with Gasteiger partial charge in [0.2, 0.25) is 10.0 Å². The van der Waals surface area contributed by atoms with E-state index >= 15 is 0 Å². The first kappa shape index (κ1) is 21.6. The van der Waals surface area contributed by atoms with Crippen molar-refractivity contribution in [1.29, 1.82) is 0 Å². The molecule has 0 aliphatic rings. The Kier molecular flexibility index (Phi) is 8.01. The number of benzene rings is 1. The summed E-state index contributed by atoms with van der Waals surface area (Å²) in [6.07, 6.45) is 5.13. The highest BCUT2D eigenvalue weighted by Crippen LogP contribution is 2.20. The van der Waals surface area contributed by atoms with Crippen molar-refractivity contribution in [3.63, 3.8) is 0 Å². The zero-order valence-corrected chi connectivity index (χ0v) is 17.3. The number of halogens is 1. The minimum absolute atomic E-state index is 0.204. The first-order valence-electron chi connectivity index (χ1n) is 9.21. The van der Waals surface area contributed by atoms with Crippen LogP contribution in [0.3, 0.4) is 0 Å². The molecule has 0 aliphatic heterocycles. The summed E-state index contributed by atoms with van der Waals surface area (Å²) in [5.41, 5.74) is 1.22. The fraction of sp³-hybridized carbons (Fsp3) is 0.474. The number of carbonyl (C=O) groups is 1. The molecule has 0 fully saturated rings. The molecule has 6 nitrogen and oxygen atoms in total. The Bertz CT molecular complexity index is 861. The normalized spacial score (nSPS) is 11.7. The van der Waals surface area contributed by atoms with Gasteiger partial charge >= 0.3 is 0 Å². The van der Waals surface area contributed by atoms with Gasteiger partial charge in [-0.3, -0.25) is 4.79 Å². The maximum atomic E-state index is 12.3. The molecule has 1 aromatic carbocycles. The topological polar surface area (TPSA) is 81.1 Å². The molecule has 0 amide bonds. The van der Waals surface area contributed by atoms with E-state index in [-0.39, 0.29) is 10.0 Å². The first-order chi connectivity index (χ1) is 12.9. The fourth-order valence-electron chi connectivity index (χ4n) is 2.72. The maximum Gasteiger partial charge on any atom is 0.240 e. The van der Waals surface area contributed by atoms with E-state index in [1.165, 1.54) is 0 Å². The summed E-state index contributed by atoms with van der Waals surface area (Å²) in [7, 11) is -3.50. The Labute approximate surface area is 166 Å². The Hall–Kier alpha value is -1.70. The van der Waals surface area contributed by atoms with Crippen LogP contribution in [0.15, 0.2) is 29.2 Å². The van der Waals surface area contributed by atoms with E-state index in [4.69, 9.17) is 11.6 Å². The van der Waals surface area contributed by atoms with Gasteiger partial charge in [-0.05, 0) is 30.5 Å². The highest BCUT2D eigenvalue weighted by atomic mass is 35.5. The number of nitrogens with zero attached hydrogens (tertiary/aromatic N) is 2. The lowest BCUT2D eigenvalue weighted by Crippen LogP contribution is -2.24. The Balaban J connectivity index is 2.20. The molecule has 2 rings (SSSR count). The van der Waals surface area contributed by atoms with Crippen molar-refractivity contribution >= 4 is 27.9 Å². The van der Waals surface area contributed by atoms with E-state index in [2.05, 4.69) is 16.6 Å². The van der Waals surface area contributed by atoms with Crippen LogP contribution in [-0.4, -0.2) is 30.8 Å². The smallest absolute Gasteiger partial charge is 0.240 e. The number of carbonyl (C=O) groups excluding carboxylic acids is 1. The van der Waals surface area contributed by atoms with Crippen LogP contribution in [0.2, 0.25) is 5.15 Å². The van der Waals surface area contributed by atoms with Crippen molar-refractivity contribution in [2.75, 3.05) is 6.54 Å². The molecule has 0 spiro atoms.